The van der Waals surface area contributed by atoms with E-state index in [0.717, 1.165) is 0 Å². The van der Waals surface area contributed by atoms with Crippen molar-refractivity contribution in [3.63, 3.8) is 0 Å². The zero-order valence-corrected chi connectivity index (χ0v) is 7.44. The van der Waals surface area contributed by atoms with Crippen molar-refractivity contribution >= 4 is 17.7 Å². The molecule has 3 nitrogen and oxygen atoms in total. The Morgan fingerprint density at radius 3 is 2.64 bits per heavy atom. The molecule has 0 amide bonds. The lowest BCUT2D eigenvalue weighted by molar-refractivity contribution is -0.138. The maximum atomic E-state index is 10.5. The fraction of sp³-hybridized carbons (Fsp3) is 0.714. The molecular formula is C7H11NO2S. The fourth-order valence-electron chi connectivity index (χ4n) is 0.414. The molecule has 0 aliphatic heterocycles. The van der Waals surface area contributed by atoms with E-state index in [-0.39, 0.29) is 0 Å². The molecule has 0 aromatic rings. The van der Waals surface area contributed by atoms with Gasteiger partial charge in [-0.25, -0.2) is 0 Å². The molecule has 0 atom stereocenters. The van der Waals surface area contributed by atoms with Gasteiger partial charge in [0.15, 0.2) is 0 Å². The van der Waals surface area contributed by atoms with Crippen LogP contribution in [-0.2, 0) is 4.79 Å². The second-order valence-electron chi connectivity index (χ2n) is 2.57. The Morgan fingerprint density at radius 1 is 1.73 bits per heavy atom. The molecule has 0 fully saturated rings. The summed E-state index contributed by atoms with van der Waals surface area (Å²) >= 11 is 1.29. The summed E-state index contributed by atoms with van der Waals surface area (Å²) in [5.74, 6) is -0.254. The van der Waals surface area contributed by atoms with Crippen molar-refractivity contribution in [1.82, 2.24) is 0 Å². The van der Waals surface area contributed by atoms with Crippen LogP contribution in [0.15, 0.2) is 0 Å². The van der Waals surface area contributed by atoms with E-state index in [1.807, 2.05) is 6.07 Å². The average molecular weight is 173 g/mol. The molecule has 0 rings (SSSR count). The van der Waals surface area contributed by atoms with Crippen LogP contribution >= 0.6 is 11.8 Å². The van der Waals surface area contributed by atoms with E-state index in [4.69, 9.17) is 10.4 Å². The van der Waals surface area contributed by atoms with Crippen molar-refractivity contribution in [3.8, 4) is 6.07 Å². The fourth-order valence-corrected chi connectivity index (χ4v) is 1.24. The number of nitrogens with zero attached hydrogens (tertiary/aromatic N) is 1. The average Bonchev–Trinajstić information content (AvgIpc) is 1.88. The number of carbonyl (C=O) groups is 1. The van der Waals surface area contributed by atoms with Gasteiger partial charge in [-0.3, -0.25) is 4.79 Å². The second kappa shape index (κ2) is 4.24. The van der Waals surface area contributed by atoms with E-state index in [1.54, 1.807) is 13.8 Å². The van der Waals surface area contributed by atoms with Crippen LogP contribution in [0.4, 0.5) is 0 Å². The van der Waals surface area contributed by atoms with Crippen LogP contribution in [-0.4, -0.2) is 21.6 Å². The Hall–Kier alpha value is -0.690. The van der Waals surface area contributed by atoms with E-state index in [9.17, 15) is 4.79 Å². The van der Waals surface area contributed by atoms with Gasteiger partial charge in [0.2, 0.25) is 0 Å². The molecule has 0 aliphatic carbocycles. The molecule has 4 heteroatoms. The number of carboxylic acid groups (broad SMARTS) is 1. The van der Waals surface area contributed by atoms with Crippen LogP contribution in [0.3, 0.4) is 0 Å². The van der Waals surface area contributed by atoms with E-state index in [2.05, 4.69) is 0 Å². The molecule has 0 spiro atoms. The summed E-state index contributed by atoms with van der Waals surface area (Å²) in [5, 5.41) is 16.8. The second-order valence-corrected chi connectivity index (χ2v) is 4.29. The highest BCUT2D eigenvalue weighted by molar-refractivity contribution is 8.01. The lowest BCUT2D eigenvalue weighted by atomic mass is 10.2. The Kier molecular flexibility index (Phi) is 3.98. The molecule has 0 bridgehead atoms. The summed E-state index contributed by atoms with van der Waals surface area (Å²) in [7, 11) is 0. The van der Waals surface area contributed by atoms with Crippen molar-refractivity contribution < 1.29 is 9.90 Å². The van der Waals surface area contributed by atoms with Crippen molar-refractivity contribution in [2.24, 2.45) is 0 Å². The molecule has 0 aliphatic rings. The number of hydrogen-bond acceptors (Lipinski definition) is 3. The van der Waals surface area contributed by atoms with Crippen molar-refractivity contribution in [1.29, 1.82) is 5.26 Å². The van der Waals surface area contributed by atoms with Crippen molar-refractivity contribution in [3.05, 3.63) is 0 Å². The normalized spacial score (nSPS) is 10.6. The Balaban J connectivity index is 3.75. The minimum absolute atomic E-state index is 0.404. The summed E-state index contributed by atoms with van der Waals surface area (Å²) < 4.78 is -0.767. The SMILES string of the molecule is CC(C)(SCCC#N)C(=O)O. The van der Waals surface area contributed by atoms with Crippen LogP contribution < -0.4 is 0 Å². The van der Waals surface area contributed by atoms with Gasteiger partial charge in [0, 0.05) is 12.2 Å². The summed E-state index contributed by atoms with van der Waals surface area (Å²) in [6.07, 6.45) is 0.404. The van der Waals surface area contributed by atoms with Gasteiger partial charge in [-0.1, -0.05) is 0 Å². The third-order valence-corrected chi connectivity index (χ3v) is 2.50. The van der Waals surface area contributed by atoms with Gasteiger partial charge in [-0.05, 0) is 13.8 Å². The summed E-state index contributed by atoms with van der Waals surface area (Å²) in [4.78, 5) is 10.5. The molecule has 0 unspecified atom stereocenters. The van der Waals surface area contributed by atoms with Crippen LogP contribution in [0.2, 0.25) is 0 Å². The highest BCUT2D eigenvalue weighted by Crippen LogP contribution is 2.24. The number of aliphatic carboxylic acids is 1. The first-order valence-electron chi connectivity index (χ1n) is 3.25. The molecule has 62 valence electrons. The quantitative estimate of drug-likeness (QED) is 0.654. The highest BCUT2D eigenvalue weighted by Gasteiger charge is 2.26. The first kappa shape index (κ1) is 10.3. The molecular weight excluding hydrogens is 162 g/mol. The summed E-state index contributed by atoms with van der Waals surface area (Å²) in [5.41, 5.74) is 0. The smallest absolute Gasteiger partial charge is 0.319 e. The van der Waals surface area contributed by atoms with Crippen molar-refractivity contribution in [2.45, 2.75) is 25.0 Å². The standard InChI is InChI=1S/C7H11NO2S/c1-7(2,6(9)10)11-5-3-4-8/h3,5H2,1-2H3,(H,9,10). The van der Waals surface area contributed by atoms with Crippen LogP contribution in [0.5, 0.6) is 0 Å². The van der Waals surface area contributed by atoms with Crippen molar-refractivity contribution in [2.75, 3.05) is 5.75 Å². The molecule has 0 radical (unpaired) electrons. The maximum Gasteiger partial charge on any atom is 0.319 e. The number of hydrogen-bond donors (Lipinski definition) is 1. The zero-order valence-electron chi connectivity index (χ0n) is 6.63. The summed E-state index contributed by atoms with van der Waals surface area (Å²) in [6.45, 7) is 3.27. The van der Waals surface area contributed by atoms with Crippen LogP contribution in [0.25, 0.3) is 0 Å². The number of nitriles is 1. The first-order valence-corrected chi connectivity index (χ1v) is 4.23. The van der Waals surface area contributed by atoms with E-state index in [0.29, 0.717) is 12.2 Å². The minimum Gasteiger partial charge on any atom is -0.480 e. The predicted molar refractivity (Wildman–Crippen MR) is 44.4 cm³/mol. The largest absolute Gasteiger partial charge is 0.480 e. The van der Waals surface area contributed by atoms with E-state index < -0.39 is 10.7 Å². The van der Waals surface area contributed by atoms with Gasteiger partial charge in [-0.15, -0.1) is 11.8 Å². The Morgan fingerprint density at radius 2 is 2.27 bits per heavy atom. The highest BCUT2D eigenvalue weighted by atomic mass is 32.2. The number of thioether (sulfide) groups is 1. The Bertz CT molecular complexity index is 183. The zero-order chi connectivity index (χ0) is 8.91. The van der Waals surface area contributed by atoms with Gasteiger partial charge >= 0.3 is 5.97 Å². The number of rotatable bonds is 4. The van der Waals surface area contributed by atoms with Gasteiger partial charge in [-0.2, -0.15) is 5.26 Å². The third-order valence-electron chi connectivity index (χ3n) is 1.19. The van der Waals surface area contributed by atoms with E-state index >= 15 is 0 Å². The van der Waals surface area contributed by atoms with Crippen LogP contribution in [0, 0.1) is 11.3 Å². The minimum atomic E-state index is -0.833. The maximum absolute atomic E-state index is 10.5. The molecule has 0 saturated heterocycles. The molecule has 0 saturated carbocycles. The Labute approximate surface area is 70.4 Å². The van der Waals surface area contributed by atoms with Crippen LogP contribution in [0.1, 0.15) is 20.3 Å². The lowest BCUT2D eigenvalue weighted by Crippen LogP contribution is -2.27. The molecule has 0 aromatic carbocycles. The van der Waals surface area contributed by atoms with E-state index in [1.165, 1.54) is 11.8 Å². The van der Waals surface area contributed by atoms with Gasteiger partial charge in [0.1, 0.15) is 4.75 Å². The van der Waals surface area contributed by atoms with Gasteiger partial charge < -0.3 is 5.11 Å². The monoisotopic (exact) mass is 173 g/mol. The topological polar surface area (TPSA) is 61.1 Å². The molecule has 1 N–H and O–H groups in total. The summed E-state index contributed by atoms with van der Waals surface area (Å²) in [6, 6.07) is 1.97. The van der Waals surface area contributed by atoms with Gasteiger partial charge in [0.25, 0.3) is 0 Å². The third kappa shape index (κ3) is 3.89. The first-order chi connectivity index (χ1) is 5.00. The predicted octanol–water partition coefficient (Wildman–Crippen LogP) is 1.50. The molecule has 0 aromatic heterocycles. The number of carboxylic acids is 1. The molecule has 11 heavy (non-hydrogen) atoms. The molecule has 0 heterocycles. The van der Waals surface area contributed by atoms with Gasteiger partial charge in [0.05, 0.1) is 6.07 Å². The lowest BCUT2D eigenvalue weighted by Gasteiger charge is -2.16.